The van der Waals surface area contributed by atoms with E-state index in [1.807, 2.05) is 13.0 Å². The van der Waals surface area contributed by atoms with E-state index in [0.29, 0.717) is 11.5 Å². The van der Waals surface area contributed by atoms with Gasteiger partial charge in [-0.1, -0.05) is 0 Å². The van der Waals surface area contributed by atoms with E-state index >= 15 is 0 Å². The zero-order valence-corrected chi connectivity index (χ0v) is 7.12. The van der Waals surface area contributed by atoms with Crippen LogP contribution in [0.4, 0.5) is 0 Å². The third kappa shape index (κ3) is 0.798. The summed E-state index contributed by atoms with van der Waals surface area (Å²) >= 11 is 0. The molecule has 0 saturated heterocycles. The number of hydrogen-bond donors (Lipinski definition) is 0. The number of rotatable bonds is 0. The molecule has 0 aromatic heterocycles. The Balaban J connectivity index is 2.28. The molecule has 2 aliphatic heterocycles. The van der Waals surface area contributed by atoms with Crippen LogP contribution in [0.1, 0.15) is 5.56 Å². The lowest BCUT2D eigenvalue weighted by molar-refractivity contribution is 0.156. The molecule has 0 radical (unpaired) electrons. The molecule has 3 rings (SSSR count). The smallest absolute Gasteiger partial charge is 0.231 e. The van der Waals surface area contributed by atoms with Gasteiger partial charge in [0.25, 0.3) is 0 Å². The maximum absolute atomic E-state index is 5.30. The summed E-state index contributed by atoms with van der Waals surface area (Å²) in [6.45, 7) is 2.47. The van der Waals surface area contributed by atoms with Gasteiger partial charge in [-0.25, -0.2) is 0 Å². The zero-order valence-electron chi connectivity index (χ0n) is 7.12. The van der Waals surface area contributed by atoms with Crippen molar-refractivity contribution in [3.8, 4) is 23.0 Å². The number of hydrogen-bond acceptors (Lipinski definition) is 4. The summed E-state index contributed by atoms with van der Waals surface area (Å²) in [5.74, 6) is 2.84. The lowest BCUT2D eigenvalue weighted by atomic mass is 10.2. The summed E-state index contributed by atoms with van der Waals surface area (Å²) in [6.07, 6.45) is 0. The minimum atomic E-state index is 0.259. The van der Waals surface area contributed by atoms with Gasteiger partial charge in [-0.15, -0.1) is 0 Å². The molecule has 0 spiro atoms. The Morgan fingerprint density at radius 1 is 0.923 bits per heavy atom. The minimum absolute atomic E-state index is 0.259. The quantitative estimate of drug-likeness (QED) is 0.605. The highest BCUT2D eigenvalue weighted by atomic mass is 16.7. The van der Waals surface area contributed by atoms with Gasteiger partial charge in [0, 0.05) is 0 Å². The molecule has 0 fully saturated rings. The second-order valence-electron chi connectivity index (χ2n) is 2.99. The van der Waals surface area contributed by atoms with E-state index in [9.17, 15) is 0 Å². The maximum Gasteiger partial charge on any atom is 0.231 e. The van der Waals surface area contributed by atoms with Crippen LogP contribution in [0, 0.1) is 6.92 Å². The molecule has 0 N–H and O–H groups in total. The van der Waals surface area contributed by atoms with E-state index in [4.69, 9.17) is 18.9 Å². The van der Waals surface area contributed by atoms with E-state index in [0.717, 1.165) is 17.1 Å². The number of aryl methyl sites for hydroxylation is 1. The SMILES string of the molecule is Cc1cc2c(c3c1OCO3)OCO2. The molecule has 2 heterocycles. The Labute approximate surface area is 75.0 Å². The Hall–Kier alpha value is -1.58. The van der Waals surface area contributed by atoms with Crippen molar-refractivity contribution in [2.75, 3.05) is 13.6 Å². The van der Waals surface area contributed by atoms with Crippen LogP contribution in [0.3, 0.4) is 0 Å². The van der Waals surface area contributed by atoms with Crippen LogP contribution < -0.4 is 18.9 Å². The number of fused-ring (bicyclic) bond motifs is 3. The lowest BCUT2D eigenvalue weighted by Crippen LogP contribution is -1.95. The van der Waals surface area contributed by atoms with Crippen LogP contribution in [0.5, 0.6) is 23.0 Å². The van der Waals surface area contributed by atoms with Gasteiger partial charge in [0.2, 0.25) is 25.1 Å². The molecule has 1 aromatic rings. The fraction of sp³-hybridized carbons (Fsp3) is 0.333. The Morgan fingerprint density at radius 2 is 1.62 bits per heavy atom. The average Bonchev–Trinajstić information content (AvgIpc) is 2.66. The van der Waals surface area contributed by atoms with Gasteiger partial charge in [-0.3, -0.25) is 0 Å². The van der Waals surface area contributed by atoms with Crippen molar-refractivity contribution in [1.82, 2.24) is 0 Å². The molecule has 1 aromatic carbocycles. The highest BCUT2D eigenvalue weighted by Crippen LogP contribution is 2.50. The Morgan fingerprint density at radius 3 is 2.54 bits per heavy atom. The van der Waals surface area contributed by atoms with Crippen LogP contribution in [0.15, 0.2) is 6.07 Å². The average molecular weight is 180 g/mol. The molecular formula is C9H8O4. The van der Waals surface area contributed by atoms with Crippen LogP contribution in [-0.2, 0) is 0 Å². The van der Waals surface area contributed by atoms with E-state index in [1.54, 1.807) is 0 Å². The lowest BCUT2D eigenvalue weighted by Gasteiger charge is -2.03. The second-order valence-corrected chi connectivity index (χ2v) is 2.99. The molecule has 0 saturated carbocycles. The molecule has 68 valence electrons. The van der Waals surface area contributed by atoms with Crippen molar-refractivity contribution in [3.05, 3.63) is 11.6 Å². The topological polar surface area (TPSA) is 36.9 Å². The first-order chi connectivity index (χ1) is 6.36. The van der Waals surface area contributed by atoms with Gasteiger partial charge in [-0.2, -0.15) is 0 Å². The monoisotopic (exact) mass is 180 g/mol. The summed E-state index contributed by atoms with van der Waals surface area (Å²) in [4.78, 5) is 0. The Bertz CT molecular complexity index is 372. The molecule has 0 aliphatic carbocycles. The fourth-order valence-corrected chi connectivity index (χ4v) is 1.58. The highest BCUT2D eigenvalue weighted by Gasteiger charge is 2.28. The van der Waals surface area contributed by atoms with Gasteiger partial charge in [0.15, 0.2) is 11.5 Å². The molecule has 4 nitrogen and oxygen atoms in total. The van der Waals surface area contributed by atoms with Crippen LogP contribution in [0.2, 0.25) is 0 Å². The van der Waals surface area contributed by atoms with Crippen LogP contribution in [-0.4, -0.2) is 13.6 Å². The van der Waals surface area contributed by atoms with Gasteiger partial charge in [0.05, 0.1) is 0 Å². The highest BCUT2D eigenvalue weighted by molar-refractivity contribution is 5.64. The van der Waals surface area contributed by atoms with E-state index < -0.39 is 0 Å². The zero-order chi connectivity index (χ0) is 8.84. The predicted molar refractivity (Wildman–Crippen MR) is 43.4 cm³/mol. The van der Waals surface area contributed by atoms with Crippen molar-refractivity contribution in [2.45, 2.75) is 6.92 Å². The van der Waals surface area contributed by atoms with Crippen LogP contribution in [0.25, 0.3) is 0 Å². The largest absolute Gasteiger partial charge is 0.453 e. The third-order valence-electron chi connectivity index (χ3n) is 2.17. The first-order valence-corrected chi connectivity index (χ1v) is 4.05. The van der Waals surface area contributed by atoms with E-state index in [-0.39, 0.29) is 13.6 Å². The van der Waals surface area contributed by atoms with Gasteiger partial charge < -0.3 is 18.9 Å². The standard InChI is InChI=1S/C9H8O4/c1-5-2-6-8(12-3-10-6)9-7(5)11-4-13-9/h2H,3-4H2,1H3. The third-order valence-corrected chi connectivity index (χ3v) is 2.17. The van der Waals surface area contributed by atoms with Gasteiger partial charge in [-0.05, 0) is 18.6 Å². The minimum Gasteiger partial charge on any atom is -0.453 e. The molecule has 2 aliphatic rings. The number of benzene rings is 1. The van der Waals surface area contributed by atoms with Gasteiger partial charge in [0.1, 0.15) is 0 Å². The van der Waals surface area contributed by atoms with Crippen molar-refractivity contribution < 1.29 is 18.9 Å². The summed E-state index contributed by atoms with van der Waals surface area (Å²) in [5, 5.41) is 0. The molecule has 0 atom stereocenters. The summed E-state index contributed by atoms with van der Waals surface area (Å²) in [7, 11) is 0. The predicted octanol–water partition coefficient (Wildman–Crippen LogP) is 1.45. The maximum atomic E-state index is 5.30. The van der Waals surface area contributed by atoms with Crippen LogP contribution >= 0.6 is 0 Å². The summed E-state index contributed by atoms with van der Waals surface area (Å²) in [6, 6.07) is 1.90. The Kier molecular flexibility index (Phi) is 1.17. The fourth-order valence-electron chi connectivity index (χ4n) is 1.58. The molecule has 0 unspecified atom stereocenters. The molecule has 13 heavy (non-hydrogen) atoms. The van der Waals surface area contributed by atoms with E-state index in [1.165, 1.54) is 0 Å². The first kappa shape index (κ1) is 6.88. The second kappa shape index (κ2) is 2.22. The van der Waals surface area contributed by atoms with E-state index in [2.05, 4.69) is 0 Å². The molecule has 0 bridgehead atoms. The van der Waals surface area contributed by atoms with Crippen molar-refractivity contribution >= 4 is 0 Å². The van der Waals surface area contributed by atoms with Crippen molar-refractivity contribution in [2.24, 2.45) is 0 Å². The molecule has 0 amide bonds. The number of ether oxygens (including phenoxy) is 4. The first-order valence-electron chi connectivity index (χ1n) is 4.05. The normalized spacial score (nSPS) is 16.4. The summed E-state index contributed by atoms with van der Waals surface area (Å²) in [5.41, 5.74) is 1.01. The van der Waals surface area contributed by atoms with Crippen molar-refractivity contribution in [3.63, 3.8) is 0 Å². The van der Waals surface area contributed by atoms with Gasteiger partial charge >= 0.3 is 0 Å². The molecular weight excluding hydrogens is 172 g/mol. The summed E-state index contributed by atoms with van der Waals surface area (Å²) < 4.78 is 21.1. The molecule has 4 heteroatoms. The van der Waals surface area contributed by atoms with Crippen molar-refractivity contribution in [1.29, 1.82) is 0 Å².